The molecule has 1 heterocycles. The van der Waals surface area contributed by atoms with E-state index < -0.39 is 0 Å². The lowest BCUT2D eigenvalue weighted by Gasteiger charge is -2.23. The fraction of sp³-hybridized carbons (Fsp3) is 0.636. The molecule has 1 aromatic rings. The molecule has 1 N–H and O–H groups in total. The highest BCUT2D eigenvalue weighted by Crippen LogP contribution is 2.22. The van der Waals surface area contributed by atoms with Crippen molar-refractivity contribution >= 4 is 0 Å². The maximum atomic E-state index is 4.30. The number of rotatable bonds is 3. The van der Waals surface area contributed by atoms with E-state index in [2.05, 4.69) is 22.2 Å². The molecule has 76 valence electrons. The number of aryl methyl sites for hydroxylation is 1. The predicted octanol–water partition coefficient (Wildman–Crippen LogP) is 1.19. The van der Waals surface area contributed by atoms with Crippen molar-refractivity contribution in [2.24, 2.45) is 5.92 Å². The van der Waals surface area contributed by atoms with Gasteiger partial charge in [-0.25, -0.2) is 9.97 Å². The van der Waals surface area contributed by atoms with E-state index in [0.29, 0.717) is 0 Å². The van der Waals surface area contributed by atoms with Crippen LogP contribution in [0.15, 0.2) is 12.5 Å². The quantitative estimate of drug-likeness (QED) is 0.780. The van der Waals surface area contributed by atoms with E-state index in [1.165, 1.54) is 17.7 Å². The zero-order chi connectivity index (χ0) is 9.80. The molecule has 0 spiro atoms. The van der Waals surface area contributed by atoms with E-state index >= 15 is 0 Å². The Morgan fingerprint density at radius 2 is 2.50 bits per heavy atom. The van der Waals surface area contributed by atoms with Gasteiger partial charge in [0.2, 0.25) is 0 Å². The van der Waals surface area contributed by atoms with Gasteiger partial charge in [0, 0.05) is 11.9 Å². The maximum absolute atomic E-state index is 4.30. The molecule has 0 aliphatic heterocycles. The molecule has 0 saturated carbocycles. The van der Waals surface area contributed by atoms with Gasteiger partial charge >= 0.3 is 0 Å². The molecule has 0 radical (unpaired) electrons. The van der Waals surface area contributed by atoms with Crippen LogP contribution in [0.5, 0.6) is 0 Å². The number of aromatic nitrogens is 2. The summed E-state index contributed by atoms with van der Waals surface area (Å²) in [7, 11) is 0. The zero-order valence-electron chi connectivity index (χ0n) is 8.66. The average Bonchev–Trinajstić information content (AvgIpc) is 2.26. The summed E-state index contributed by atoms with van der Waals surface area (Å²) in [6, 6.07) is 0. The molecule has 1 aromatic heterocycles. The minimum Gasteiger partial charge on any atom is -0.317 e. The van der Waals surface area contributed by atoms with Crippen molar-refractivity contribution < 1.29 is 0 Å². The highest BCUT2D eigenvalue weighted by Gasteiger charge is 2.18. The maximum Gasteiger partial charge on any atom is 0.115 e. The van der Waals surface area contributed by atoms with Gasteiger partial charge in [0.1, 0.15) is 6.33 Å². The minimum absolute atomic E-state index is 0.772. The van der Waals surface area contributed by atoms with Crippen LogP contribution in [-0.2, 0) is 12.8 Å². The van der Waals surface area contributed by atoms with Crippen LogP contribution >= 0.6 is 0 Å². The first-order chi connectivity index (χ1) is 6.90. The second-order valence-electron chi connectivity index (χ2n) is 3.91. The second-order valence-corrected chi connectivity index (χ2v) is 3.91. The standard InChI is InChI=1S/C11H17N3/c1-2-12-6-9-3-4-11-10(5-9)7-13-8-14-11/h7-9,12H,2-6H2,1H3. The van der Waals surface area contributed by atoms with Crippen molar-refractivity contribution in [3.05, 3.63) is 23.8 Å². The van der Waals surface area contributed by atoms with Crippen LogP contribution in [0.1, 0.15) is 24.6 Å². The van der Waals surface area contributed by atoms with Crippen LogP contribution in [0, 0.1) is 5.92 Å². The third kappa shape index (κ3) is 2.10. The van der Waals surface area contributed by atoms with Crippen LogP contribution in [0.4, 0.5) is 0 Å². The highest BCUT2D eigenvalue weighted by molar-refractivity contribution is 5.19. The van der Waals surface area contributed by atoms with Crippen LogP contribution in [0.25, 0.3) is 0 Å². The van der Waals surface area contributed by atoms with E-state index in [0.717, 1.165) is 31.8 Å². The van der Waals surface area contributed by atoms with Crippen LogP contribution in [0.2, 0.25) is 0 Å². The largest absolute Gasteiger partial charge is 0.317 e. The lowest BCUT2D eigenvalue weighted by atomic mass is 9.87. The molecule has 1 aliphatic carbocycles. The molecule has 3 nitrogen and oxygen atoms in total. The van der Waals surface area contributed by atoms with Crippen molar-refractivity contribution in [2.75, 3.05) is 13.1 Å². The predicted molar refractivity (Wildman–Crippen MR) is 56.1 cm³/mol. The first kappa shape index (κ1) is 9.59. The Kier molecular flexibility index (Phi) is 3.09. The molecule has 3 heteroatoms. The van der Waals surface area contributed by atoms with Crippen LogP contribution in [0.3, 0.4) is 0 Å². The van der Waals surface area contributed by atoms with E-state index in [9.17, 15) is 0 Å². The third-order valence-corrected chi connectivity index (χ3v) is 2.86. The van der Waals surface area contributed by atoms with Crippen LogP contribution in [-0.4, -0.2) is 23.1 Å². The molecule has 0 bridgehead atoms. The monoisotopic (exact) mass is 191 g/mol. The first-order valence-electron chi connectivity index (χ1n) is 5.38. The van der Waals surface area contributed by atoms with E-state index in [1.807, 2.05) is 6.20 Å². The highest BCUT2D eigenvalue weighted by atomic mass is 14.9. The van der Waals surface area contributed by atoms with Gasteiger partial charge in [-0.1, -0.05) is 6.92 Å². The number of hydrogen-bond acceptors (Lipinski definition) is 3. The van der Waals surface area contributed by atoms with E-state index in [-0.39, 0.29) is 0 Å². The summed E-state index contributed by atoms with van der Waals surface area (Å²) in [6.45, 7) is 4.35. The number of nitrogens with zero attached hydrogens (tertiary/aromatic N) is 2. The molecular weight excluding hydrogens is 174 g/mol. The normalized spacial score (nSPS) is 20.5. The summed E-state index contributed by atoms with van der Waals surface area (Å²) >= 11 is 0. The molecule has 0 aromatic carbocycles. The molecule has 0 fully saturated rings. The lowest BCUT2D eigenvalue weighted by Crippen LogP contribution is -2.27. The van der Waals surface area contributed by atoms with Gasteiger partial charge in [0.05, 0.1) is 0 Å². The minimum atomic E-state index is 0.772. The Bertz CT molecular complexity index is 298. The van der Waals surface area contributed by atoms with Crippen molar-refractivity contribution in [3.8, 4) is 0 Å². The van der Waals surface area contributed by atoms with Gasteiger partial charge in [-0.2, -0.15) is 0 Å². The van der Waals surface area contributed by atoms with Crippen molar-refractivity contribution in [1.29, 1.82) is 0 Å². The number of hydrogen-bond donors (Lipinski definition) is 1. The van der Waals surface area contributed by atoms with Crippen molar-refractivity contribution in [2.45, 2.75) is 26.2 Å². The van der Waals surface area contributed by atoms with Crippen molar-refractivity contribution in [1.82, 2.24) is 15.3 Å². The van der Waals surface area contributed by atoms with Gasteiger partial charge in [-0.15, -0.1) is 0 Å². The summed E-state index contributed by atoms with van der Waals surface area (Å²) in [5, 5.41) is 3.41. The molecule has 0 saturated heterocycles. The van der Waals surface area contributed by atoms with Gasteiger partial charge in [-0.05, 0) is 43.8 Å². The molecule has 0 amide bonds. The molecule has 14 heavy (non-hydrogen) atoms. The van der Waals surface area contributed by atoms with Crippen molar-refractivity contribution in [3.63, 3.8) is 0 Å². The summed E-state index contributed by atoms with van der Waals surface area (Å²) in [5.41, 5.74) is 2.61. The fourth-order valence-electron chi connectivity index (χ4n) is 2.06. The summed E-state index contributed by atoms with van der Waals surface area (Å²) in [4.78, 5) is 8.38. The Morgan fingerprint density at radius 3 is 3.36 bits per heavy atom. The summed E-state index contributed by atoms with van der Waals surface area (Å²) < 4.78 is 0. The van der Waals surface area contributed by atoms with Gasteiger partial charge < -0.3 is 5.32 Å². The van der Waals surface area contributed by atoms with E-state index in [1.54, 1.807) is 6.33 Å². The Morgan fingerprint density at radius 1 is 1.57 bits per heavy atom. The van der Waals surface area contributed by atoms with Gasteiger partial charge in [-0.3, -0.25) is 0 Å². The fourth-order valence-corrected chi connectivity index (χ4v) is 2.06. The molecule has 1 atom stereocenters. The Balaban J connectivity index is 1.99. The van der Waals surface area contributed by atoms with Gasteiger partial charge in [0.15, 0.2) is 0 Å². The molecule has 2 rings (SSSR count). The third-order valence-electron chi connectivity index (χ3n) is 2.86. The Hall–Kier alpha value is -0.960. The van der Waals surface area contributed by atoms with E-state index in [4.69, 9.17) is 0 Å². The second kappa shape index (κ2) is 4.51. The number of fused-ring (bicyclic) bond motifs is 1. The number of nitrogens with one attached hydrogen (secondary N) is 1. The Labute approximate surface area is 85.0 Å². The van der Waals surface area contributed by atoms with Gasteiger partial charge in [0.25, 0.3) is 0 Å². The lowest BCUT2D eigenvalue weighted by molar-refractivity contribution is 0.424. The molecule has 1 aliphatic rings. The first-order valence-corrected chi connectivity index (χ1v) is 5.38. The SMILES string of the molecule is CCNCC1CCc2ncncc2C1. The molecular formula is C11H17N3. The topological polar surface area (TPSA) is 37.8 Å². The zero-order valence-corrected chi connectivity index (χ0v) is 8.66. The summed E-state index contributed by atoms with van der Waals surface area (Å²) in [6.07, 6.45) is 7.15. The summed E-state index contributed by atoms with van der Waals surface area (Å²) in [5.74, 6) is 0.772. The molecule has 1 unspecified atom stereocenters. The average molecular weight is 191 g/mol. The smallest absolute Gasteiger partial charge is 0.115 e. The van der Waals surface area contributed by atoms with Crippen LogP contribution < -0.4 is 5.32 Å².